The van der Waals surface area contributed by atoms with Crippen molar-refractivity contribution in [2.45, 2.75) is 6.43 Å². The number of rotatable bonds is 3. The number of hydrogen-bond donors (Lipinski definition) is 2. The van der Waals surface area contributed by atoms with Gasteiger partial charge in [0, 0.05) is 6.07 Å². The lowest BCUT2D eigenvalue weighted by Gasteiger charge is -2.05. The summed E-state index contributed by atoms with van der Waals surface area (Å²) >= 11 is 0. The third-order valence-electron chi connectivity index (χ3n) is 1.70. The van der Waals surface area contributed by atoms with E-state index < -0.39 is 40.1 Å². The maximum Gasteiger partial charge on any atom is 0.361 e. The Morgan fingerprint density at radius 3 is 2.56 bits per heavy atom. The molecule has 1 aromatic rings. The predicted molar refractivity (Wildman–Crippen MR) is 47.2 cm³/mol. The van der Waals surface area contributed by atoms with Crippen LogP contribution in [-0.2, 0) is 0 Å². The zero-order chi connectivity index (χ0) is 12.5. The molecular weight excluding hydrogens is 228 g/mol. The number of anilines is 1. The van der Waals surface area contributed by atoms with Gasteiger partial charge in [0.2, 0.25) is 5.69 Å². The van der Waals surface area contributed by atoms with Gasteiger partial charge in [0.05, 0.1) is 10.5 Å². The monoisotopic (exact) mass is 233 g/mol. The zero-order valence-corrected chi connectivity index (χ0v) is 7.55. The van der Waals surface area contributed by atoms with Crippen molar-refractivity contribution in [3.63, 3.8) is 0 Å². The van der Waals surface area contributed by atoms with Gasteiger partial charge in [0.15, 0.2) is 0 Å². The van der Waals surface area contributed by atoms with Crippen LogP contribution in [0.15, 0.2) is 6.07 Å². The van der Waals surface area contributed by atoms with Crippen LogP contribution in [0.5, 0.6) is 0 Å². The van der Waals surface area contributed by atoms with Gasteiger partial charge < -0.3 is 10.8 Å². The molecule has 0 aliphatic heterocycles. The van der Waals surface area contributed by atoms with E-state index >= 15 is 0 Å². The molecule has 0 radical (unpaired) electrons. The van der Waals surface area contributed by atoms with Crippen LogP contribution in [0.3, 0.4) is 0 Å². The lowest BCUT2D eigenvalue weighted by atomic mass is 10.2. The van der Waals surface area contributed by atoms with E-state index in [2.05, 4.69) is 4.98 Å². The molecule has 7 nitrogen and oxygen atoms in total. The molecule has 0 saturated carbocycles. The number of nitrogen functional groups attached to an aromatic ring is 1. The first-order valence-electron chi connectivity index (χ1n) is 3.80. The van der Waals surface area contributed by atoms with Crippen LogP contribution >= 0.6 is 0 Å². The van der Waals surface area contributed by atoms with Crippen molar-refractivity contribution in [3.05, 3.63) is 27.4 Å². The summed E-state index contributed by atoms with van der Waals surface area (Å²) in [6.45, 7) is 0. The van der Waals surface area contributed by atoms with E-state index in [4.69, 9.17) is 10.8 Å². The van der Waals surface area contributed by atoms with Crippen LogP contribution in [0, 0.1) is 10.1 Å². The van der Waals surface area contributed by atoms with Gasteiger partial charge in [0.25, 0.3) is 6.43 Å². The molecule has 16 heavy (non-hydrogen) atoms. The molecule has 0 bridgehead atoms. The van der Waals surface area contributed by atoms with Gasteiger partial charge in [-0.1, -0.05) is 0 Å². The average molecular weight is 233 g/mol. The maximum absolute atomic E-state index is 12.3. The van der Waals surface area contributed by atoms with Gasteiger partial charge in [-0.3, -0.25) is 10.1 Å². The van der Waals surface area contributed by atoms with Crippen molar-refractivity contribution < 1.29 is 23.6 Å². The number of carbonyl (C=O) groups is 1. The highest BCUT2D eigenvalue weighted by molar-refractivity contribution is 5.90. The topological polar surface area (TPSA) is 119 Å². The van der Waals surface area contributed by atoms with E-state index in [0.717, 1.165) is 0 Å². The summed E-state index contributed by atoms with van der Waals surface area (Å²) in [5, 5.41) is 19.0. The van der Waals surface area contributed by atoms with E-state index in [-0.39, 0.29) is 0 Å². The fraction of sp³-hybridized carbons (Fsp3) is 0.143. The number of nitro groups is 1. The summed E-state index contributed by atoms with van der Waals surface area (Å²) in [4.78, 5) is 22.9. The third-order valence-corrected chi connectivity index (χ3v) is 1.70. The van der Waals surface area contributed by atoms with Crippen LogP contribution < -0.4 is 5.73 Å². The second-order valence-corrected chi connectivity index (χ2v) is 2.69. The van der Waals surface area contributed by atoms with Gasteiger partial charge in [-0.15, -0.1) is 0 Å². The Bertz CT molecular complexity index is 463. The standard InChI is InChI=1S/C7H5F2N3O4/c8-5(9)2-1-3(12(15)16)4(7(13)14)11-6(2)10/h1,5H,(H2,10,11)(H,13,14). The fourth-order valence-corrected chi connectivity index (χ4v) is 1.00. The second-order valence-electron chi connectivity index (χ2n) is 2.69. The summed E-state index contributed by atoms with van der Waals surface area (Å²) < 4.78 is 24.6. The molecule has 1 heterocycles. The maximum atomic E-state index is 12.3. The van der Waals surface area contributed by atoms with Crippen LogP contribution in [0.4, 0.5) is 20.3 Å². The number of carboxylic acids is 1. The van der Waals surface area contributed by atoms with Crippen LogP contribution in [0.2, 0.25) is 0 Å². The van der Waals surface area contributed by atoms with Gasteiger partial charge in [-0.25, -0.2) is 18.6 Å². The fourth-order valence-electron chi connectivity index (χ4n) is 1.00. The second kappa shape index (κ2) is 4.04. The zero-order valence-electron chi connectivity index (χ0n) is 7.55. The number of hydrogen-bond acceptors (Lipinski definition) is 5. The Balaban J connectivity index is 3.49. The predicted octanol–water partition coefficient (Wildman–Crippen LogP) is 1.21. The highest BCUT2D eigenvalue weighted by atomic mass is 19.3. The number of halogens is 2. The van der Waals surface area contributed by atoms with Crippen LogP contribution in [0.1, 0.15) is 22.5 Å². The van der Waals surface area contributed by atoms with Gasteiger partial charge in [-0.05, 0) is 0 Å². The third kappa shape index (κ3) is 2.02. The molecular formula is C7H5F2N3O4. The van der Waals surface area contributed by atoms with Crippen molar-refractivity contribution in [2.75, 3.05) is 5.73 Å². The van der Waals surface area contributed by atoms with Crippen molar-refractivity contribution in [1.82, 2.24) is 4.98 Å². The summed E-state index contributed by atoms with van der Waals surface area (Å²) in [7, 11) is 0. The number of pyridine rings is 1. The Morgan fingerprint density at radius 1 is 1.62 bits per heavy atom. The number of nitrogens with zero attached hydrogens (tertiary/aromatic N) is 2. The van der Waals surface area contributed by atoms with E-state index in [9.17, 15) is 23.7 Å². The molecule has 0 amide bonds. The Kier molecular flexibility index (Phi) is 2.97. The molecule has 0 aromatic carbocycles. The quantitative estimate of drug-likeness (QED) is 0.598. The van der Waals surface area contributed by atoms with Crippen molar-refractivity contribution >= 4 is 17.5 Å². The minimum atomic E-state index is -3.06. The summed E-state index contributed by atoms with van der Waals surface area (Å²) in [5.41, 5.74) is 2.21. The molecule has 0 fully saturated rings. The molecule has 0 aliphatic carbocycles. The number of aromatic nitrogens is 1. The van der Waals surface area contributed by atoms with Crippen molar-refractivity contribution in [3.8, 4) is 0 Å². The largest absolute Gasteiger partial charge is 0.476 e. The highest BCUT2D eigenvalue weighted by Gasteiger charge is 2.26. The highest BCUT2D eigenvalue weighted by Crippen LogP contribution is 2.29. The molecule has 0 spiro atoms. The minimum Gasteiger partial charge on any atom is -0.476 e. The molecule has 0 atom stereocenters. The first-order chi connectivity index (χ1) is 7.34. The smallest absolute Gasteiger partial charge is 0.361 e. The molecule has 0 aliphatic rings. The minimum absolute atomic E-state index is 0.413. The molecule has 9 heteroatoms. The summed E-state index contributed by atoms with van der Waals surface area (Å²) in [6.07, 6.45) is -3.06. The first kappa shape index (κ1) is 11.8. The van der Waals surface area contributed by atoms with Crippen molar-refractivity contribution in [2.24, 2.45) is 0 Å². The summed E-state index contributed by atoms with van der Waals surface area (Å²) in [5.74, 6) is -2.45. The Hall–Kier alpha value is -2.32. The number of carboxylic acid groups (broad SMARTS) is 1. The van der Waals surface area contributed by atoms with Gasteiger partial charge >= 0.3 is 11.7 Å². The number of aromatic carboxylic acids is 1. The molecule has 1 rings (SSSR count). The van der Waals surface area contributed by atoms with E-state index in [1.54, 1.807) is 0 Å². The number of nitrogens with two attached hydrogens (primary N) is 1. The molecule has 86 valence electrons. The first-order valence-corrected chi connectivity index (χ1v) is 3.80. The molecule has 3 N–H and O–H groups in total. The lowest BCUT2D eigenvalue weighted by molar-refractivity contribution is -0.385. The van der Waals surface area contributed by atoms with Crippen LogP contribution in [-0.4, -0.2) is 21.0 Å². The van der Waals surface area contributed by atoms with Gasteiger partial charge in [-0.2, -0.15) is 0 Å². The summed E-state index contributed by atoms with van der Waals surface area (Å²) in [6, 6.07) is 0.413. The Labute approximate surface area is 86.7 Å². The van der Waals surface area contributed by atoms with E-state index in [1.165, 1.54) is 0 Å². The van der Waals surface area contributed by atoms with Gasteiger partial charge in [0.1, 0.15) is 5.82 Å². The van der Waals surface area contributed by atoms with E-state index in [1.807, 2.05) is 0 Å². The molecule has 0 saturated heterocycles. The van der Waals surface area contributed by atoms with E-state index in [0.29, 0.717) is 6.07 Å². The normalized spacial score (nSPS) is 10.4. The van der Waals surface area contributed by atoms with Crippen molar-refractivity contribution in [1.29, 1.82) is 0 Å². The molecule has 0 unspecified atom stereocenters. The average Bonchev–Trinajstić information content (AvgIpc) is 2.15. The Morgan fingerprint density at radius 2 is 2.19 bits per heavy atom. The SMILES string of the molecule is Nc1nc(C(=O)O)c([N+](=O)[O-])cc1C(F)F. The number of alkyl halides is 2. The molecule has 1 aromatic heterocycles. The van der Waals surface area contributed by atoms with Crippen LogP contribution in [0.25, 0.3) is 0 Å². The lowest BCUT2D eigenvalue weighted by Crippen LogP contribution is -2.10.